The third-order valence-electron chi connectivity index (χ3n) is 3.99. The first-order valence-electron chi connectivity index (χ1n) is 7.21. The molecule has 1 aliphatic carbocycles. The molecule has 0 radical (unpaired) electrons. The van der Waals surface area contributed by atoms with Crippen molar-refractivity contribution < 1.29 is 14.8 Å². The lowest BCUT2D eigenvalue weighted by Gasteiger charge is -2.31. The molecule has 2 rings (SSSR count). The van der Waals surface area contributed by atoms with Crippen LogP contribution in [-0.4, -0.2) is 35.0 Å². The van der Waals surface area contributed by atoms with Crippen LogP contribution in [0.25, 0.3) is 0 Å². The fraction of sp³-hybridized carbons (Fsp3) is 0.533. The zero-order valence-corrected chi connectivity index (χ0v) is 12.1. The van der Waals surface area contributed by atoms with Crippen molar-refractivity contribution in [3.05, 3.63) is 33.9 Å². The maximum absolute atomic E-state index is 11.9. The molecule has 1 aromatic carbocycles. The molecule has 0 bridgehead atoms. The summed E-state index contributed by atoms with van der Waals surface area (Å²) < 4.78 is 0. The molecule has 6 heteroatoms. The molecule has 0 aliphatic heterocycles. The van der Waals surface area contributed by atoms with Crippen LogP contribution in [0.3, 0.4) is 0 Å². The molecule has 0 saturated heterocycles. The summed E-state index contributed by atoms with van der Waals surface area (Å²) in [4.78, 5) is 24.3. The summed E-state index contributed by atoms with van der Waals surface area (Å²) >= 11 is 0. The van der Waals surface area contributed by atoms with Gasteiger partial charge in [0.05, 0.1) is 11.5 Å². The van der Waals surface area contributed by atoms with Gasteiger partial charge in [-0.25, -0.2) is 0 Å². The standard InChI is InChI=1S/C15H20N2O4/c1-11(19)14-10-13(17(20)21)6-7-15(14)16(8-9-18)12-4-2-3-5-12/h6-7,10,12,18H,2-5,8-9H2,1H3. The molecule has 0 heterocycles. The zero-order valence-electron chi connectivity index (χ0n) is 12.1. The van der Waals surface area contributed by atoms with Crippen LogP contribution in [0, 0.1) is 10.1 Å². The number of ketones is 1. The number of hydrogen-bond acceptors (Lipinski definition) is 5. The van der Waals surface area contributed by atoms with Gasteiger partial charge in [0, 0.05) is 36.0 Å². The second kappa shape index (κ2) is 6.67. The molecule has 1 N–H and O–H groups in total. The maximum Gasteiger partial charge on any atom is 0.270 e. The molecule has 0 amide bonds. The van der Waals surface area contributed by atoms with E-state index >= 15 is 0 Å². The minimum atomic E-state index is -0.498. The second-order valence-corrected chi connectivity index (χ2v) is 5.37. The van der Waals surface area contributed by atoms with Crippen LogP contribution in [0.5, 0.6) is 0 Å². The largest absolute Gasteiger partial charge is 0.395 e. The smallest absolute Gasteiger partial charge is 0.270 e. The van der Waals surface area contributed by atoms with E-state index in [0.29, 0.717) is 17.8 Å². The minimum absolute atomic E-state index is 0.00909. The van der Waals surface area contributed by atoms with Crippen molar-refractivity contribution in [2.24, 2.45) is 0 Å². The normalized spacial score (nSPS) is 15.1. The zero-order chi connectivity index (χ0) is 15.4. The molecule has 1 saturated carbocycles. The van der Waals surface area contributed by atoms with Crippen molar-refractivity contribution in [2.45, 2.75) is 38.6 Å². The molecule has 21 heavy (non-hydrogen) atoms. The third-order valence-corrected chi connectivity index (χ3v) is 3.99. The van der Waals surface area contributed by atoms with Crippen molar-refractivity contribution in [3.63, 3.8) is 0 Å². The van der Waals surface area contributed by atoms with Gasteiger partial charge in [-0.1, -0.05) is 12.8 Å². The van der Waals surface area contributed by atoms with Crippen LogP contribution in [-0.2, 0) is 0 Å². The topological polar surface area (TPSA) is 83.7 Å². The molecule has 114 valence electrons. The number of benzene rings is 1. The highest BCUT2D eigenvalue weighted by Gasteiger charge is 2.26. The van der Waals surface area contributed by atoms with Crippen molar-refractivity contribution >= 4 is 17.2 Å². The number of nitrogens with zero attached hydrogens (tertiary/aromatic N) is 2. The van der Waals surface area contributed by atoms with E-state index in [2.05, 4.69) is 0 Å². The van der Waals surface area contributed by atoms with Crippen molar-refractivity contribution in [1.82, 2.24) is 0 Å². The first-order valence-corrected chi connectivity index (χ1v) is 7.21. The summed E-state index contributed by atoms with van der Waals surface area (Å²) in [5.74, 6) is -0.199. The van der Waals surface area contributed by atoms with Gasteiger partial charge in [0.2, 0.25) is 0 Å². The number of aliphatic hydroxyl groups is 1. The number of rotatable bonds is 6. The Kier molecular flexibility index (Phi) is 4.90. The van der Waals surface area contributed by atoms with E-state index < -0.39 is 4.92 Å². The lowest BCUT2D eigenvalue weighted by Crippen LogP contribution is -2.36. The first-order chi connectivity index (χ1) is 10.0. The van der Waals surface area contributed by atoms with Crippen molar-refractivity contribution in [1.29, 1.82) is 0 Å². The monoisotopic (exact) mass is 292 g/mol. The lowest BCUT2D eigenvalue weighted by molar-refractivity contribution is -0.384. The fourth-order valence-electron chi connectivity index (χ4n) is 2.99. The molecule has 0 spiro atoms. The Morgan fingerprint density at radius 2 is 2.10 bits per heavy atom. The summed E-state index contributed by atoms with van der Waals surface area (Å²) in [6, 6.07) is 4.66. The molecular weight excluding hydrogens is 272 g/mol. The Bertz CT molecular complexity index is 538. The van der Waals surface area contributed by atoms with Crippen LogP contribution in [0.15, 0.2) is 18.2 Å². The Labute approximate surface area is 123 Å². The number of carbonyl (C=O) groups excluding carboxylic acids is 1. The second-order valence-electron chi connectivity index (χ2n) is 5.37. The van der Waals surface area contributed by atoms with E-state index in [1.54, 1.807) is 6.07 Å². The quantitative estimate of drug-likeness (QED) is 0.495. The highest BCUT2D eigenvalue weighted by Crippen LogP contribution is 2.32. The molecule has 1 fully saturated rings. The van der Waals surface area contributed by atoms with E-state index in [1.807, 2.05) is 4.90 Å². The van der Waals surface area contributed by atoms with Crippen molar-refractivity contribution in [2.75, 3.05) is 18.1 Å². The lowest BCUT2D eigenvalue weighted by atomic mass is 10.0. The molecule has 0 aromatic heterocycles. The predicted octanol–water partition coefficient (Wildman–Crippen LogP) is 2.54. The molecular formula is C15H20N2O4. The van der Waals surface area contributed by atoms with Gasteiger partial charge in [-0.15, -0.1) is 0 Å². The molecule has 0 unspecified atom stereocenters. The number of nitro benzene ring substituents is 1. The van der Waals surface area contributed by atoms with Crippen LogP contribution in [0.1, 0.15) is 43.0 Å². The first kappa shape index (κ1) is 15.4. The summed E-state index contributed by atoms with van der Waals surface area (Å²) in [6.45, 7) is 1.84. The number of carbonyl (C=O) groups is 1. The van der Waals surface area contributed by atoms with Gasteiger partial charge >= 0.3 is 0 Å². The number of Topliss-reactive ketones (excluding diaryl/α,β-unsaturated/α-hetero) is 1. The predicted molar refractivity (Wildman–Crippen MR) is 79.8 cm³/mol. The fourth-order valence-corrected chi connectivity index (χ4v) is 2.99. The van der Waals surface area contributed by atoms with Gasteiger partial charge < -0.3 is 10.0 Å². The Morgan fingerprint density at radius 3 is 2.62 bits per heavy atom. The van der Waals surface area contributed by atoms with E-state index in [-0.39, 0.29) is 24.1 Å². The minimum Gasteiger partial charge on any atom is -0.395 e. The van der Waals surface area contributed by atoms with Gasteiger partial charge in [0.1, 0.15) is 0 Å². The average molecular weight is 292 g/mol. The van der Waals surface area contributed by atoms with Crippen molar-refractivity contribution in [3.8, 4) is 0 Å². The van der Waals surface area contributed by atoms with Gasteiger partial charge in [-0.2, -0.15) is 0 Å². The van der Waals surface area contributed by atoms with E-state index in [9.17, 15) is 20.0 Å². The maximum atomic E-state index is 11.9. The van der Waals surface area contributed by atoms with Gasteiger partial charge in [-0.3, -0.25) is 14.9 Å². The van der Waals surface area contributed by atoms with E-state index in [4.69, 9.17) is 0 Å². The molecule has 1 aromatic rings. The van der Waals surface area contributed by atoms with Crippen LogP contribution < -0.4 is 4.90 Å². The Hall–Kier alpha value is -1.95. The number of aliphatic hydroxyl groups excluding tert-OH is 1. The summed E-state index contributed by atoms with van der Waals surface area (Å²) in [7, 11) is 0. The Morgan fingerprint density at radius 1 is 1.43 bits per heavy atom. The number of hydrogen-bond donors (Lipinski definition) is 1. The summed E-state index contributed by atoms with van der Waals surface area (Å²) in [6.07, 6.45) is 4.31. The number of nitro groups is 1. The van der Waals surface area contributed by atoms with Gasteiger partial charge in [0.25, 0.3) is 5.69 Å². The van der Waals surface area contributed by atoms with E-state index in [1.165, 1.54) is 19.1 Å². The molecule has 1 aliphatic rings. The van der Waals surface area contributed by atoms with Gasteiger partial charge in [-0.05, 0) is 25.8 Å². The highest BCUT2D eigenvalue weighted by atomic mass is 16.6. The van der Waals surface area contributed by atoms with Crippen LogP contribution >= 0.6 is 0 Å². The molecule has 0 atom stereocenters. The third kappa shape index (κ3) is 3.39. The number of non-ortho nitro benzene ring substituents is 1. The highest BCUT2D eigenvalue weighted by molar-refractivity contribution is 6.00. The summed E-state index contributed by atoms with van der Waals surface area (Å²) in [5, 5.41) is 20.2. The van der Waals surface area contributed by atoms with Crippen LogP contribution in [0.4, 0.5) is 11.4 Å². The SMILES string of the molecule is CC(=O)c1cc([N+](=O)[O-])ccc1N(CCO)C1CCCC1. The molecule has 6 nitrogen and oxygen atoms in total. The number of anilines is 1. The van der Waals surface area contributed by atoms with Crippen LogP contribution in [0.2, 0.25) is 0 Å². The van der Waals surface area contributed by atoms with Gasteiger partial charge in [0.15, 0.2) is 5.78 Å². The average Bonchev–Trinajstić information content (AvgIpc) is 2.98. The Balaban J connectivity index is 2.43. The van der Waals surface area contributed by atoms with E-state index in [0.717, 1.165) is 25.7 Å². The summed E-state index contributed by atoms with van der Waals surface area (Å²) in [5.41, 5.74) is 0.956.